The van der Waals surface area contributed by atoms with Gasteiger partial charge in [0.05, 0.1) is 0 Å². The first-order valence-corrected chi connectivity index (χ1v) is 11.1. The third-order valence-electron chi connectivity index (χ3n) is 6.05. The Morgan fingerprint density at radius 3 is 2.70 bits per heavy atom. The standard InChI is InChI=1S/C26H22FN5O/c27-20-15-28-14-13-22(20)33-23-8-4-7-18-9-11-21(29-25(18)23)26-31-30-24-12-10-19(16-32(24)26)17-5-2-1-3-6-17/h1-12,16,20,22,28H,13-15H2/t20-,22+/m1/s1. The van der Waals surface area contributed by atoms with Crippen LogP contribution in [0, 0.1) is 0 Å². The van der Waals surface area contributed by atoms with Crippen LogP contribution in [0.5, 0.6) is 5.75 Å². The maximum atomic E-state index is 14.4. The lowest BCUT2D eigenvalue weighted by Gasteiger charge is -2.27. The summed E-state index contributed by atoms with van der Waals surface area (Å²) in [6.07, 6.45) is 1.12. The quantitative estimate of drug-likeness (QED) is 0.440. The average molecular weight is 439 g/mol. The second kappa shape index (κ2) is 8.26. The van der Waals surface area contributed by atoms with Crippen molar-refractivity contribution in [3.8, 4) is 28.4 Å². The summed E-state index contributed by atoms with van der Waals surface area (Å²) in [5.74, 6) is 1.23. The molecular weight excluding hydrogens is 417 g/mol. The fraction of sp³-hybridized carbons (Fsp3) is 0.192. The van der Waals surface area contributed by atoms with Gasteiger partial charge in [-0.1, -0.05) is 48.5 Å². The first kappa shape index (κ1) is 19.8. The van der Waals surface area contributed by atoms with Gasteiger partial charge in [0.25, 0.3) is 0 Å². The Morgan fingerprint density at radius 1 is 0.909 bits per heavy atom. The summed E-state index contributed by atoms with van der Waals surface area (Å²) in [5.41, 5.74) is 4.29. The fourth-order valence-electron chi connectivity index (χ4n) is 4.30. The van der Waals surface area contributed by atoms with Crippen LogP contribution in [0.15, 0.2) is 79.0 Å². The molecule has 0 unspecified atom stereocenters. The van der Waals surface area contributed by atoms with Gasteiger partial charge in [-0.05, 0) is 48.4 Å². The lowest BCUT2D eigenvalue weighted by molar-refractivity contribution is 0.0742. The summed E-state index contributed by atoms with van der Waals surface area (Å²) in [5, 5.41) is 12.7. The minimum absolute atomic E-state index is 0.309. The van der Waals surface area contributed by atoms with Crippen LogP contribution < -0.4 is 10.1 Å². The number of rotatable bonds is 4. The molecule has 6 rings (SSSR count). The molecule has 6 nitrogen and oxygen atoms in total. The largest absolute Gasteiger partial charge is 0.485 e. The van der Waals surface area contributed by atoms with Crippen molar-refractivity contribution in [1.82, 2.24) is 24.9 Å². The highest BCUT2D eigenvalue weighted by Crippen LogP contribution is 2.30. The summed E-state index contributed by atoms with van der Waals surface area (Å²) in [7, 11) is 0. The summed E-state index contributed by atoms with van der Waals surface area (Å²) in [6, 6.07) is 23.8. The number of nitrogens with one attached hydrogen (secondary N) is 1. The number of aromatic nitrogens is 4. The van der Waals surface area contributed by atoms with E-state index < -0.39 is 12.3 Å². The molecule has 7 heteroatoms. The van der Waals surface area contributed by atoms with E-state index in [0.29, 0.717) is 35.8 Å². The van der Waals surface area contributed by atoms with Gasteiger partial charge in [-0.2, -0.15) is 0 Å². The van der Waals surface area contributed by atoms with Crippen LogP contribution >= 0.6 is 0 Å². The van der Waals surface area contributed by atoms with Gasteiger partial charge in [-0.25, -0.2) is 9.37 Å². The summed E-state index contributed by atoms with van der Waals surface area (Å²) in [4.78, 5) is 4.87. The van der Waals surface area contributed by atoms with Crippen LogP contribution in [0.4, 0.5) is 4.39 Å². The predicted octanol–water partition coefficient (Wildman–Crippen LogP) is 4.69. The molecule has 4 heterocycles. The van der Waals surface area contributed by atoms with E-state index in [1.807, 2.05) is 71.3 Å². The van der Waals surface area contributed by atoms with Crippen molar-refractivity contribution in [3.05, 3.63) is 79.0 Å². The predicted molar refractivity (Wildman–Crippen MR) is 126 cm³/mol. The highest BCUT2D eigenvalue weighted by Gasteiger charge is 2.27. The van der Waals surface area contributed by atoms with Crippen molar-refractivity contribution in [1.29, 1.82) is 0 Å². The zero-order valence-electron chi connectivity index (χ0n) is 17.9. The maximum Gasteiger partial charge on any atom is 0.187 e. The molecule has 0 spiro atoms. The van der Waals surface area contributed by atoms with Gasteiger partial charge in [0.2, 0.25) is 0 Å². The first-order valence-electron chi connectivity index (χ1n) is 11.1. The van der Waals surface area contributed by atoms with E-state index in [1.54, 1.807) is 0 Å². The minimum Gasteiger partial charge on any atom is -0.485 e. The Morgan fingerprint density at radius 2 is 1.82 bits per heavy atom. The van der Waals surface area contributed by atoms with Gasteiger partial charge in [0, 0.05) is 18.1 Å². The molecule has 0 bridgehead atoms. The summed E-state index contributed by atoms with van der Waals surface area (Å²) < 4.78 is 22.4. The number of halogens is 1. The molecule has 0 radical (unpaired) electrons. The second-order valence-corrected chi connectivity index (χ2v) is 8.23. The van der Waals surface area contributed by atoms with Crippen LogP contribution in [-0.4, -0.2) is 44.9 Å². The third-order valence-corrected chi connectivity index (χ3v) is 6.05. The number of piperidine rings is 1. The van der Waals surface area contributed by atoms with E-state index in [9.17, 15) is 4.39 Å². The topological polar surface area (TPSA) is 64.3 Å². The lowest BCUT2D eigenvalue weighted by atomic mass is 10.1. The maximum absolute atomic E-state index is 14.4. The molecule has 0 amide bonds. The zero-order valence-corrected chi connectivity index (χ0v) is 17.9. The van der Waals surface area contributed by atoms with E-state index in [2.05, 4.69) is 27.6 Å². The lowest BCUT2D eigenvalue weighted by Crippen LogP contribution is -2.44. The smallest absolute Gasteiger partial charge is 0.187 e. The number of nitrogens with zero attached hydrogens (tertiary/aromatic N) is 4. The number of ether oxygens (including phenoxy) is 1. The number of alkyl halides is 1. The van der Waals surface area contributed by atoms with E-state index in [4.69, 9.17) is 9.72 Å². The number of fused-ring (bicyclic) bond motifs is 2. The van der Waals surface area contributed by atoms with Gasteiger partial charge in [0.1, 0.15) is 29.2 Å². The summed E-state index contributed by atoms with van der Waals surface area (Å²) in [6.45, 7) is 1.05. The van der Waals surface area contributed by atoms with Crippen molar-refractivity contribution in [2.75, 3.05) is 13.1 Å². The fourth-order valence-corrected chi connectivity index (χ4v) is 4.30. The number of para-hydroxylation sites is 1. The van der Waals surface area contributed by atoms with Gasteiger partial charge < -0.3 is 10.1 Å². The summed E-state index contributed by atoms with van der Waals surface area (Å²) >= 11 is 0. The van der Waals surface area contributed by atoms with E-state index in [0.717, 1.165) is 28.7 Å². The molecule has 3 aromatic heterocycles. The Hall–Kier alpha value is -3.84. The van der Waals surface area contributed by atoms with Crippen LogP contribution in [-0.2, 0) is 0 Å². The average Bonchev–Trinajstić information content (AvgIpc) is 3.29. The van der Waals surface area contributed by atoms with E-state index >= 15 is 0 Å². The molecular formula is C26H22FN5O. The van der Waals surface area contributed by atoms with E-state index in [-0.39, 0.29) is 0 Å². The highest BCUT2D eigenvalue weighted by atomic mass is 19.1. The first-order chi connectivity index (χ1) is 16.3. The van der Waals surface area contributed by atoms with Gasteiger partial charge in [-0.15, -0.1) is 10.2 Å². The molecule has 1 fully saturated rings. The number of hydrogen-bond acceptors (Lipinski definition) is 5. The minimum atomic E-state index is -1.05. The Balaban J connectivity index is 1.42. The highest BCUT2D eigenvalue weighted by molar-refractivity contribution is 5.86. The van der Waals surface area contributed by atoms with Crippen LogP contribution in [0.3, 0.4) is 0 Å². The van der Waals surface area contributed by atoms with Crippen LogP contribution in [0.1, 0.15) is 6.42 Å². The molecule has 1 N–H and O–H groups in total. The third kappa shape index (κ3) is 3.70. The monoisotopic (exact) mass is 439 g/mol. The normalized spacial score (nSPS) is 18.6. The van der Waals surface area contributed by atoms with Gasteiger partial charge in [-0.3, -0.25) is 4.40 Å². The molecule has 1 saturated heterocycles. The second-order valence-electron chi connectivity index (χ2n) is 8.23. The number of benzene rings is 2. The van der Waals surface area contributed by atoms with Crippen molar-refractivity contribution >= 4 is 16.6 Å². The number of pyridine rings is 2. The zero-order chi connectivity index (χ0) is 22.2. The van der Waals surface area contributed by atoms with Crippen molar-refractivity contribution < 1.29 is 9.13 Å². The molecule has 1 aliphatic rings. The van der Waals surface area contributed by atoms with Crippen LogP contribution in [0.25, 0.3) is 39.2 Å². The van der Waals surface area contributed by atoms with Gasteiger partial charge >= 0.3 is 0 Å². The van der Waals surface area contributed by atoms with Crippen molar-refractivity contribution in [2.24, 2.45) is 0 Å². The Labute approximate surface area is 190 Å². The molecule has 2 aromatic carbocycles. The number of hydrogen-bond donors (Lipinski definition) is 1. The van der Waals surface area contributed by atoms with Crippen molar-refractivity contribution in [2.45, 2.75) is 18.7 Å². The molecule has 164 valence electrons. The molecule has 2 atom stereocenters. The van der Waals surface area contributed by atoms with Crippen molar-refractivity contribution in [3.63, 3.8) is 0 Å². The van der Waals surface area contributed by atoms with Gasteiger partial charge in [0.15, 0.2) is 11.5 Å². The Kier molecular flexibility index (Phi) is 4.96. The van der Waals surface area contributed by atoms with Crippen LogP contribution in [0.2, 0.25) is 0 Å². The SMILES string of the molecule is F[C@@H]1CNCC[C@@H]1Oc1cccc2ccc(-c3nnc4ccc(-c5ccccc5)cn34)nc12. The molecule has 0 saturated carbocycles. The van der Waals surface area contributed by atoms with E-state index in [1.165, 1.54) is 0 Å². The molecule has 1 aliphatic heterocycles. The Bertz CT molecular complexity index is 1440. The molecule has 33 heavy (non-hydrogen) atoms. The molecule has 0 aliphatic carbocycles. The molecule has 5 aromatic rings.